The van der Waals surface area contributed by atoms with Gasteiger partial charge in [0.15, 0.2) is 0 Å². The number of hydrogen-bond acceptors (Lipinski definition) is 2. The van der Waals surface area contributed by atoms with Crippen LogP contribution in [0, 0.1) is 42.4 Å². The highest BCUT2D eigenvalue weighted by Gasteiger charge is 2.57. The van der Waals surface area contributed by atoms with E-state index in [-0.39, 0.29) is 11.5 Å². The lowest BCUT2D eigenvalue weighted by atomic mass is 9.48. The standard InChI is InChI=1S/C28H36N2O/c1-17-13-24-25(14-18(17)2)30(16-29-24)26-8-7-22-21-6-5-19-15-20(31)9-11-27(19,3)23(21)10-12-28(22,26)4/h5,8,13-14,16,20-23,31H,6-7,9-12,15H2,1-4H3/t20-,21-,22-,23-,27-,28-/m0/s1. The number of benzene rings is 1. The second-order valence-electron chi connectivity index (χ2n) is 11.5. The maximum absolute atomic E-state index is 10.3. The molecule has 0 radical (unpaired) electrons. The normalized spacial score (nSPS) is 39.5. The Morgan fingerprint density at radius 3 is 2.58 bits per heavy atom. The van der Waals surface area contributed by atoms with Crippen molar-refractivity contribution >= 4 is 16.7 Å². The molecule has 0 aliphatic heterocycles. The quantitative estimate of drug-likeness (QED) is 0.544. The van der Waals surface area contributed by atoms with Crippen molar-refractivity contribution in [2.45, 2.75) is 78.7 Å². The van der Waals surface area contributed by atoms with E-state index < -0.39 is 0 Å². The van der Waals surface area contributed by atoms with E-state index in [0.717, 1.165) is 36.6 Å². The van der Waals surface area contributed by atoms with E-state index in [4.69, 9.17) is 4.98 Å². The third kappa shape index (κ3) is 2.65. The zero-order valence-corrected chi connectivity index (χ0v) is 19.5. The van der Waals surface area contributed by atoms with Gasteiger partial charge in [0.25, 0.3) is 0 Å². The molecular weight excluding hydrogens is 380 g/mol. The molecule has 2 saturated carbocycles. The van der Waals surface area contributed by atoms with Gasteiger partial charge in [0.2, 0.25) is 0 Å². The van der Waals surface area contributed by atoms with E-state index in [9.17, 15) is 5.11 Å². The molecule has 0 saturated heterocycles. The molecule has 0 unspecified atom stereocenters. The molecule has 1 heterocycles. The largest absolute Gasteiger partial charge is 0.393 e. The molecule has 6 rings (SSSR count). The number of aryl methyl sites for hydroxylation is 2. The zero-order chi connectivity index (χ0) is 21.5. The minimum Gasteiger partial charge on any atom is -0.393 e. The number of aromatic nitrogens is 2. The lowest BCUT2D eigenvalue weighted by Gasteiger charge is -2.57. The monoisotopic (exact) mass is 416 g/mol. The van der Waals surface area contributed by atoms with E-state index >= 15 is 0 Å². The Bertz CT molecular complexity index is 1120. The van der Waals surface area contributed by atoms with Crippen LogP contribution in [0.3, 0.4) is 0 Å². The summed E-state index contributed by atoms with van der Waals surface area (Å²) in [6.07, 6.45) is 15.0. The SMILES string of the molecule is Cc1cc2ncn(C3=CC[C@H]4[C@@H]5CC=C6C[C@@H](O)CC[C@]6(C)[C@H]5CC[C@]34C)c2cc1C. The molecule has 31 heavy (non-hydrogen) atoms. The van der Waals surface area contributed by atoms with Crippen molar-refractivity contribution in [3.63, 3.8) is 0 Å². The zero-order valence-electron chi connectivity index (χ0n) is 19.5. The second kappa shape index (κ2) is 6.57. The first-order valence-electron chi connectivity index (χ1n) is 12.3. The predicted molar refractivity (Wildman–Crippen MR) is 127 cm³/mol. The van der Waals surface area contributed by atoms with E-state index in [0.29, 0.717) is 11.3 Å². The van der Waals surface area contributed by atoms with Gasteiger partial charge in [-0.3, -0.25) is 0 Å². The van der Waals surface area contributed by atoms with Crippen LogP contribution in [0.1, 0.15) is 69.9 Å². The van der Waals surface area contributed by atoms with E-state index in [1.54, 1.807) is 5.57 Å². The van der Waals surface area contributed by atoms with Crippen molar-refractivity contribution < 1.29 is 5.11 Å². The molecule has 0 spiro atoms. The van der Waals surface area contributed by atoms with Gasteiger partial charge in [0.05, 0.1) is 17.1 Å². The fourth-order valence-electron chi connectivity index (χ4n) is 8.02. The number of rotatable bonds is 1. The maximum atomic E-state index is 10.3. The first-order chi connectivity index (χ1) is 14.8. The number of aliphatic hydroxyl groups excluding tert-OH is 1. The van der Waals surface area contributed by atoms with Gasteiger partial charge in [0, 0.05) is 11.1 Å². The van der Waals surface area contributed by atoms with Crippen LogP contribution in [0.25, 0.3) is 16.7 Å². The fraction of sp³-hybridized carbons (Fsp3) is 0.607. The molecule has 0 bridgehead atoms. The Balaban J connectivity index is 1.37. The fourth-order valence-corrected chi connectivity index (χ4v) is 8.02. The maximum Gasteiger partial charge on any atom is 0.100 e. The van der Waals surface area contributed by atoms with Gasteiger partial charge in [-0.25, -0.2) is 4.98 Å². The molecule has 4 aliphatic rings. The van der Waals surface area contributed by atoms with Crippen LogP contribution >= 0.6 is 0 Å². The van der Waals surface area contributed by atoms with Crippen LogP contribution in [-0.4, -0.2) is 20.8 Å². The third-order valence-electron chi connectivity index (χ3n) is 10.0. The molecule has 2 fully saturated rings. The summed E-state index contributed by atoms with van der Waals surface area (Å²) in [7, 11) is 0. The first-order valence-corrected chi connectivity index (χ1v) is 12.3. The predicted octanol–water partition coefficient (Wildman–Crippen LogP) is 6.43. The van der Waals surface area contributed by atoms with Crippen molar-refractivity contribution in [2.24, 2.45) is 28.6 Å². The molecule has 3 nitrogen and oxygen atoms in total. The smallest absolute Gasteiger partial charge is 0.100 e. The first kappa shape index (κ1) is 19.8. The van der Waals surface area contributed by atoms with Crippen LogP contribution in [0.2, 0.25) is 0 Å². The van der Waals surface area contributed by atoms with E-state index in [1.165, 1.54) is 48.0 Å². The lowest BCUT2D eigenvalue weighted by Crippen LogP contribution is -2.50. The minimum atomic E-state index is -0.119. The summed E-state index contributed by atoms with van der Waals surface area (Å²) in [5.41, 5.74) is 8.62. The van der Waals surface area contributed by atoms with Crippen molar-refractivity contribution in [1.82, 2.24) is 9.55 Å². The highest BCUT2D eigenvalue weighted by atomic mass is 16.3. The Morgan fingerprint density at radius 2 is 1.74 bits per heavy atom. The average molecular weight is 417 g/mol. The van der Waals surface area contributed by atoms with Gasteiger partial charge in [-0.2, -0.15) is 0 Å². The van der Waals surface area contributed by atoms with Crippen molar-refractivity contribution in [2.75, 3.05) is 0 Å². The number of allylic oxidation sites excluding steroid dienone is 3. The van der Waals surface area contributed by atoms with Crippen LogP contribution in [0.5, 0.6) is 0 Å². The Kier molecular flexibility index (Phi) is 4.19. The number of aliphatic hydroxyl groups is 1. The summed E-state index contributed by atoms with van der Waals surface area (Å²) in [4.78, 5) is 4.78. The minimum absolute atomic E-state index is 0.119. The number of nitrogens with zero attached hydrogens (tertiary/aromatic N) is 2. The Labute approximate surface area is 186 Å². The molecule has 164 valence electrons. The summed E-state index contributed by atoms with van der Waals surface area (Å²) >= 11 is 0. The van der Waals surface area contributed by atoms with Gasteiger partial charge >= 0.3 is 0 Å². The van der Waals surface area contributed by atoms with Crippen molar-refractivity contribution in [1.29, 1.82) is 0 Å². The van der Waals surface area contributed by atoms with E-state index in [2.05, 4.69) is 62.9 Å². The van der Waals surface area contributed by atoms with Gasteiger partial charge in [0.1, 0.15) is 6.33 Å². The molecule has 1 aromatic carbocycles. The van der Waals surface area contributed by atoms with Gasteiger partial charge < -0.3 is 9.67 Å². The highest BCUT2D eigenvalue weighted by Crippen LogP contribution is 2.65. The van der Waals surface area contributed by atoms with Crippen LogP contribution < -0.4 is 0 Å². The van der Waals surface area contributed by atoms with Gasteiger partial charge in [-0.05, 0) is 105 Å². The second-order valence-corrected chi connectivity index (χ2v) is 11.5. The topological polar surface area (TPSA) is 38.0 Å². The summed E-state index contributed by atoms with van der Waals surface area (Å²) in [5, 5.41) is 10.3. The van der Waals surface area contributed by atoms with Crippen LogP contribution in [0.4, 0.5) is 0 Å². The molecule has 0 amide bonds. The average Bonchev–Trinajstić information content (AvgIpc) is 3.28. The summed E-state index contributed by atoms with van der Waals surface area (Å²) < 4.78 is 2.41. The van der Waals surface area contributed by atoms with Crippen LogP contribution in [-0.2, 0) is 0 Å². The molecule has 2 aromatic rings. The van der Waals surface area contributed by atoms with Gasteiger partial charge in [-0.1, -0.05) is 31.6 Å². The lowest BCUT2D eigenvalue weighted by molar-refractivity contribution is -0.0249. The molecule has 4 aliphatic carbocycles. The highest BCUT2D eigenvalue weighted by molar-refractivity contribution is 5.82. The molecule has 3 heteroatoms. The number of fused-ring (bicyclic) bond motifs is 6. The molecule has 1 N–H and O–H groups in total. The van der Waals surface area contributed by atoms with Crippen molar-refractivity contribution in [3.05, 3.63) is 47.3 Å². The Hall–Kier alpha value is -1.87. The number of hydrogen-bond donors (Lipinski definition) is 1. The molecule has 1 aromatic heterocycles. The van der Waals surface area contributed by atoms with E-state index in [1.807, 2.05) is 0 Å². The van der Waals surface area contributed by atoms with Crippen LogP contribution in [0.15, 0.2) is 36.2 Å². The number of imidazole rings is 1. The Morgan fingerprint density at radius 1 is 0.968 bits per heavy atom. The molecular formula is C28H36N2O. The van der Waals surface area contributed by atoms with Gasteiger partial charge in [-0.15, -0.1) is 0 Å². The molecule has 6 atom stereocenters. The summed E-state index contributed by atoms with van der Waals surface area (Å²) in [5.74, 6) is 2.25. The third-order valence-corrected chi connectivity index (χ3v) is 10.0. The summed E-state index contributed by atoms with van der Waals surface area (Å²) in [6.45, 7) is 9.43. The van der Waals surface area contributed by atoms with Crippen molar-refractivity contribution in [3.8, 4) is 0 Å². The summed E-state index contributed by atoms with van der Waals surface area (Å²) in [6, 6.07) is 4.56.